The second kappa shape index (κ2) is 4.19. The molecule has 4 fully saturated rings. The summed E-state index contributed by atoms with van der Waals surface area (Å²) in [6.07, 6.45) is 9.01. The second-order valence-electron chi connectivity index (χ2n) is 7.23. The van der Waals surface area contributed by atoms with Gasteiger partial charge in [-0.05, 0) is 62.7 Å². The van der Waals surface area contributed by atoms with Crippen molar-refractivity contribution < 1.29 is 4.79 Å². The van der Waals surface area contributed by atoms with Crippen molar-refractivity contribution in [2.75, 3.05) is 0 Å². The SMILES string of the molecule is O=C(c1ccccc1)C12CCC3CC(CC(C3)C1)C2. The molecule has 0 aliphatic heterocycles. The van der Waals surface area contributed by atoms with Crippen molar-refractivity contribution in [2.24, 2.45) is 23.2 Å². The van der Waals surface area contributed by atoms with Crippen molar-refractivity contribution in [3.8, 4) is 0 Å². The summed E-state index contributed by atoms with van der Waals surface area (Å²) in [5.41, 5.74) is 0.947. The predicted molar refractivity (Wildman–Crippen MR) is 76.0 cm³/mol. The molecule has 19 heavy (non-hydrogen) atoms. The maximum Gasteiger partial charge on any atom is 0.169 e. The number of hydrogen-bond acceptors (Lipinski definition) is 1. The Morgan fingerprint density at radius 1 is 0.947 bits per heavy atom. The lowest BCUT2D eigenvalue weighted by atomic mass is 9.59. The first-order valence-corrected chi connectivity index (χ1v) is 7.85. The monoisotopic (exact) mass is 254 g/mol. The quantitative estimate of drug-likeness (QED) is 0.711. The van der Waals surface area contributed by atoms with E-state index in [0.29, 0.717) is 5.78 Å². The van der Waals surface area contributed by atoms with Crippen LogP contribution >= 0.6 is 0 Å². The maximum absolute atomic E-state index is 13.0. The van der Waals surface area contributed by atoms with Crippen LogP contribution in [0.15, 0.2) is 30.3 Å². The van der Waals surface area contributed by atoms with E-state index in [0.717, 1.165) is 29.7 Å². The molecule has 4 bridgehead atoms. The van der Waals surface area contributed by atoms with Gasteiger partial charge in [0.25, 0.3) is 0 Å². The molecular weight excluding hydrogens is 232 g/mol. The van der Waals surface area contributed by atoms with Gasteiger partial charge in [0, 0.05) is 11.0 Å². The number of carbonyl (C=O) groups is 1. The van der Waals surface area contributed by atoms with Crippen molar-refractivity contribution in [1.29, 1.82) is 0 Å². The number of ketones is 1. The van der Waals surface area contributed by atoms with Gasteiger partial charge in [0.2, 0.25) is 0 Å². The average molecular weight is 254 g/mol. The van der Waals surface area contributed by atoms with Gasteiger partial charge in [-0.2, -0.15) is 0 Å². The number of Topliss-reactive ketones (excluding diaryl/α,β-unsaturated/α-hetero) is 1. The number of carbonyl (C=O) groups excluding carboxylic acids is 1. The molecule has 4 aliphatic rings. The van der Waals surface area contributed by atoms with Crippen LogP contribution in [0.4, 0.5) is 0 Å². The van der Waals surface area contributed by atoms with Gasteiger partial charge in [-0.1, -0.05) is 30.3 Å². The van der Waals surface area contributed by atoms with Crippen molar-refractivity contribution >= 4 is 5.78 Å². The molecule has 2 atom stereocenters. The fraction of sp³-hybridized carbons (Fsp3) is 0.611. The van der Waals surface area contributed by atoms with Crippen LogP contribution in [-0.4, -0.2) is 5.78 Å². The summed E-state index contributed by atoms with van der Waals surface area (Å²) in [6, 6.07) is 10.0. The second-order valence-corrected chi connectivity index (χ2v) is 7.23. The molecule has 2 unspecified atom stereocenters. The number of fused-ring (bicyclic) bond motifs is 1. The maximum atomic E-state index is 13.0. The summed E-state index contributed by atoms with van der Waals surface area (Å²) >= 11 is 0. The highest BCUT2D eigenvalue weighted by Gasteiger charge is 2.51. The van der Waals surface area contributed by atoms with Crippen molar-refractivity contribution in [1.82, 2.24) is 0 Å². The van der Waals surface area contributed by atoms with E-state index in [2.05, 4.69) is 0 Å². The zero-order valence-electron chi connectivity index (χ0n) is 11.5. The van der Waals surface area contributed by atoms with Crippen LogP contribution in [0.5, 0.6) is 0 Å². The lowest BCUT2D eigenvalue weighted by molar-refractivity contribution is 0.0466. The Balaban J connectivity index is 1.71. The predicted octanol–water partition coefficient (Wildman–Crippen LogP) is 4.48. The molecule has 0 radical (unpaired) electrons. The molecule has 0 aromatic heterocycles. The Kier molecular flexibility index (Phi) is 2.58. The van der Waals surface area contributed by atoms with E-state index in [4.69, 9.17) is 0 Å². The standard InChI is InChI=1S/C18H22O/c19-17(16-4-2-1-3-5-16)18-7-6-13-8-14(11-18)10-15(9-13)12-18/h1-5,13-15H,6-12H2. The molecule has 1 nitrogen and oxygen atoms in total. The van der Waals surface area contributed by atoms with E-state index in [1.165, 1.54) is 38.5 Å². The summed E-state index contributed by atoms with van der Waals surface area (Å²) in [6.45, 7) is 0. The molecule has 4 aliphatic carbocycles. The van der Waals surface area contributed by atoms with Crippen LogP contribution in [0.3, 0.4) is 0 Å². The van der Waals surface area contributed by atoms with Gasteiger partial charge in [-0.25, -0.2) is 0 Å². The van der Waals surface area contributed by atoms with Crippen LogP contribution in [0.2, 0.25) is 0 Å². The van der Waals surface area contributed by atoms with Gasteiger partial charge in [0.05, 0.1) is 0 Å². The minimum Gasteiger partial charge on any atom is -0.294 e. The van der Waals surface area contributed by atoms with Crippen LogP contribution < -0.4 is 0 Å². The highest BCUT2D eigenvalue weighted by Crippen LogP contribution is 2.58. The normalized spacial score (nSPS) is 40.1. The van der Waals surface area contributed by atoms with Crippen LogP contribution in [0.1, 0.15) is 55.3 Å². The average Bonchev–Trinajstić information content (AvgIpc) is 2.64. The van der Waals surface area contributed by atoms with Gasteiger partial charge >= 0.3 is 0 Å². The Hall–Kier alpha value is -1.11. The minimum atomic E-state index is 0.000185. The molecule has 1 aromatic carbocycles. The molecular formula is C18H22O. The molecule has 0 N–H and O–H groups in total. The van der Waals surface area contributed by atoms with Gasteiger partial charge in [0.15, 0.2) is 5.78 Å². The van der Waals surface area contributed by atoms with Crippen LogP contribution in [-0.2, 0) is 0 Å². The van der Waals surface area contributed by atoms with Crippen molar-refractivity contribution in [2.45, 2.75) is 44.9 Å². The molecule has 5 rings (SSSR count). The Labute approximate surface area is 115 Å². The van der Waals surface area contributed by atoms with E-state index in [-0.39, 0.29) is 5.41 Å². The largest absolute Gasteiger partial charge is 0.294 e. The summed E-state index contributed by atoms with van der Waals surface area (Å²) in [4.78, 5) is 13.0. The first-order chi connectivity index (χ1) is 9.25. The zero-order valence-corrected chi connectivity index (χ0v) is 11.5. The van der Waals surface area contributed by atoms with Crippen molar-refractivity contribution in [3.05, 3.63) is 35.9 Å². The Morgan fingerprint density at radius 2 is 1.58 bits per heavy atom. The van der Waals surface area contributed by atoms with Gasteiger partial charge in [-0.3, -0.25) is 4.79 Å². The van der Waals surface area contributed by atoms with E-state index in [1.54, 1.807) is 0 Å². The third-order valence-electron chi connectivity index (χ3n) is 5.91. The summed E-state index contributed by atoms with van der Waals surface area (Å²) in [7, 11) is 0. The molecule has 0 saturated heterocycles. The first-order valence-electron chi connectivity index (χ1n) is 7.85. The Bertz CT molecular complexity index is 476. The summed E-state index contributed by atoms with van der Waals surface area (Å²) in [5.74, 6) is 3.06. The fourth-order valence-electron chi connectivity index (χ4n) is 5.34. The molecule has 4 saturated carbocycles. The molecule has 1 heteroatoms. The lowest BCUT2D eigenvalue weighted by Gasteiger charge is -2.44. The number of hydrogen-bond donors (Lipinski definition) is 0. The highest BCUT2D eigenvalue weighted by molar-refractivity contribution is 6.00. The summed E-state index contributed by atoms with van der Waals surface area (Å²) < 4.78 is 0. The Morgan fingerprint density at radius 3 is 2.26 bits per heavy atom. The molecule has 100 valence electrons. The van der Waals surface area contributed by atoms with Gasteiger partial charge < -0.3 is 0 Å². The van der Waals surface area contributed by atoms with Gasteiger partial charge in [0.1, 0.15) is 0 Å². The smallest absolute Gasteiger partial charge is 0.169 e. The van der Waals surface area contributed by atoms with E-state index in [1.807, 2.05) is 30.3 Å². The molecule has 0 spiro atoms. The van der Waals surface area contributed by atoms with Crippen LogP contribution in [0, 0.1) is 23.2 Å². The highest BCUT2D eigenvalue weighted by atomic mass is 16.1. The van der Waals surface area contributed by atoms with E-state index >= 15 is 0 Å². The van der Waals surface area contributed by atoms with Gasteiger partial charge in [-0.15, -0.1) is 0 Å². The van der Waals surface area contributed by atoms with Crippen LogP contribution in [0.25, 0.3) is 0 Å². The molecule has 0 heterocycles. The number of benzene rings is 1. The zero-order chi connectivity index (χ0) is 12.9. The van der Waals surface area contributed by atoms with E-state index < -0.39 is 0 Å². The van der Waals surface area contributed by atoms with E-state index in [9.17, 15) is 4.79 Å². The lowest BCUT2D eigenvalue weighted by Crippen LogP contribution is -2.39. The topological polar surface area (TPSA) is 17.1 Å². The minimum absolute atomic E-state index is 0.000185. The molecule has 0 amide bonds. The summed E-state index contributed by atoms with van der Waals surface area (Å²) in [5, 5.41) is 0. The fourth-order valence-corrected chi connectivity index (χ4v) is 5.34. The third-order valence-corrected chi connectivity index (χ3v) is 5.91. The van der Waals surface area contributed by atoms with Crippen molar-refractivity contribution in [3.63, 3.8) is 0 Å². The molecule has 1 aromatic rings. The number of rotatable bonds is 2. The third kappa shape index (κ3) is 1.86. The first kappa shape index (κ1) is 11.7.